The third-order valence-electron chi connectivity index (χ3n) is 4.44. The number of aliphatic imine (C=N–C) groups is 1. The van der Waals surface area contributed by atoms with Crippen LogP contribution in [0.2, 0.25) is 0 Å². The predicted molar refractivity (Wildman–Crippen MR) is 117 cm³/mol. The highest BCUT2D eigenvalue weighted by molar-refractivity contribution is 14.0. The van der Waals surface area contributed by atoms with E-state index in [-0.39, 0.29) is 24.0 Å². The summed E-state index contributed by atoms with van der Waals surface area (Å²) in [6, 6.07) is 4.24. The Labute approximate surface area is 172 Å². The molecule has 6 nitrogen and oxygen atoms in total. The Hall–Kier alpha value is -0.390. The summed E-state index contributed by atoms with van der Waals surface area (Å²) in [7, 11) is 0.807. The van der Waals surface area contributed by atoms with Crippen LogP contribution in [-0.4, -0.2) is 70.1 Å². The molecule has 1 aromatic heterocycles. The lowest BCUT2D eigenvalue weighted by Gasteiger charge is -2.31. The van der Waals surface area contributed by atoms with Crippen molar-refractivity contribution in [2.75, 3.05) is 46.5 Å². The number of hydrogen-bond acceptors (Lipinski definition) is 4. The number of guanidine groups is 1. The predicted octanol–water partition coefficient (Wildman–Crippen LogP) is 2.09. The Bertz CT molecular complexity index is 627. The second-order valence-electron chi connectivity index (χ2n) is 6.28. The van der Waals surface area contributed by atoms with Crippen LogP contribution in [0.1, 0.15) is 17.7 Å². The second-order valence-corrected chi connectivity index (χ2v) is 9.30. The van der Waals surface area contributed by atoms with E-state index >= 15 is 0 Å². The zero-order chi connectivity index (χ0) is 17.6. The number of rotatable bonds is 6. The summed E-state index contributed by atoms with van der Waals surface area (Å²) in [5.41, 5.74) is 0. The summed E-state index contributed by atoms with van der Waals surface area (Å²) in [6.45, 7) is 3.01. The number of piperidine rings is 1. The van der Waals surface area contributed by atoms with E-state index in [0.717, 1.165) is 38.3 Å². The minimum atomic E-state index is -3.05. The number of likely N-dealkylation sites (N-methyl/N-ethyl adjacent to an activating group) is 1. The van der Waals surface area contributed by atoms with Crippen molar-refractivity contribution in [2.24, 2.45) is 10.9 Å². The van der Waals surface area contributed by atoms with Gasteiger partial charge in [-0.15, -0.1) is 35.3 Å². The Balaban J connectivity index is 0.00000312. The van der Waals surface area contributed by atoms with Crippen molar-refractivity contribution in [2.45, 2.75) is 19.3 Å². The van der Waals surface area contributed by atoms with Gasteiger partial charge in [0.05, 0.1) is 6.26 Å². The minimum absolute atomic E-state index is 0. The maximum Gasteiger partial charge on any atom is 0.211 e. The van der Waals surface area contributed by atoms with Crippen molar-refractivity contribution in [3.05, 3.63) is 22.4 Å². The summed E-state index contributed by atoms with van der Waals surface area (Å²) in [6.07, 6.45) is 4.10. The third-order valence-corrected chi connectivity index (χ3v) is 6.68. The molecule has 1 fully saturated rings. The fourth-order valence-electron chi connectivity index (χ4n) is 2.90. The average molecular weight is 500 g/mol. The van der Waals surface area contributed by atoms with E-state index in [0.29, 0.717) is 19.0 Å². The Morgan fingerprint density at radius 1 is 1.44 bits per heavy atom. The lowest BCUT2D eigenvalue weighted by Crippen LogP contribution is -2.44. The van der Waals surface area contributed by atoms with E-state index < -0.39 is 10.0 Å². The van der Waals surface area contributed by atoms with Gasteiger partial charge in [0.1, 0.15) is 0 Å². The fourth-order valence-corrected chi connectivity index (χ4v) is 4.48. The number of nitrogens with zero attached hydrogens (tertiary/aromatic N) is 3. The molecule has 2 rings (SSSR count). The maximum atomic E-state index is 11.5. The molecule has 0 saturated carbocycles. The van der Waals surface area contributed by atoms with Gasteiger partial charge in [-0.25, -0.2) is 12.7 Å². The smallest absolute Gasteiger partial charge is 0.211 e. The van der Waals surface area contributed by atoms with Crippen molar-refractivity contribution in [1.82, 2.24) is 14.5 Å². The molecule has 9 heteroatoms. The highest BCUT2D eigenvalue weighted by Gasteiger charge is 2.25. The monoisotopic (exact) mass is 500 g/mol. The van der Waals surface area contributed by atoms with Crippen molar-refractivity contribution >= 4 is 51.3 Å². The zero-order valence-electron chi connectivity index (χ0n) is 15.1. The number of halogens is 1. The Morgan fingerprint density at radius 3 is 2.64 bits per heavy atom. The molecule has 1 saturated heterocycles. The van der Waals surface area contributed by atoms with E-state index in [1.54, 1.807) is 22.7 Å². The van der Waals surface area contributed by atoms with Crippen LogP contribution in [0.3, 0.4) is 0 Å². The van der Waals surface area contributed by atoms with Crippen molar-refractivity contribution in [3.63, 3.8) is 0 Å². The van der Waals surface area contributed by atoms with Gasteiger partial charge in [0.2, 0.25) is 10.0 Å². The van der Waals surface area contributed by atoms with Crippen LogP contribution in [0.15, 0.2) is 22.5 Å². The maximum absolute atomic E-state index is 11.5. The van der Waals surface area contributed by atoms with Crippen LogP contribution in [0.4, 0.5) is 0 Å². The molecule has 1 aliphatic heterocycles. The molecule has 1 N–H and O–H groups in total. The van der Waals surface area contributed by atoms with Crippen LogP contribution in [0.5, 0.6) is 0 Å². The lowest BCUT2D eigenvalue weighted by atomic mass is 9.98. The third kappa shape index (κ3) is 7.40. The Kier molecular flexibility index (Phi) is 9.68. The van der Waals surface area contributed by atoms with Gasteiger partial charge in [0.15, 0.2) is 5.96 Å². The highest BCUT2D eigenvalue weighted by Crippen LogP contribution is 2.18. The van der Waals surface area contributed by atoms with Crippen molar-refractivity contribution in [3.8, 4) is 0 Å². The largest absolute Gasteiger partial charge is 0.356 e. The standard InChI is InChI=1S/C16H28N4O2S2.HI/c1-17-16(19(2)9-8-15-5-4-12-23-15)18-13-14-6-10-20(11-7-14)24(3,21)22;/h4-5,12,14H,6-11,13H2,1-3H3,(H,17,18);1H. The van der Waals surface area contributed by atoms with E-state index in [1.165, 1.54) is 11.1 Å². The van der Waals surface area contributed by atoms with Gasteiger partial charge in [-0.2, -0.15) is 0 Å². The van der Waals surface area contributed by atoms with Gasteiger partial charge >= 0.3 is 0 Å². The van der Waals surface area contributed by atoms with Gasteiger partial charge in [-0.05, 0) is 36.6 Å². The van der Waals surface area contributed by atoms with Crippen molar-refractivity contribution < 1.29 is 8.42 Å². The summed E-state index contributed by atoms with van der Waals surface area (Å²) in [5.74, 6) is 1.39. The summed E-state index contributed by atoms with van der Waals surface area (Å²) < 4.78 is 24.7. The molecule has 0 aromatic carbocycles. The van der Waals surface area contributed by atoms with Crippen LogP contribution < -0.4 is 5.32 Å². The first-order valence-corrected chi connectivity index (χ1v) is 11.0. The molecule has 0 atom stereocenters. The number of thiophene rings is 1. The Morgan fingerprint density at radius 2 is 2.12 bits per heavy atom. The van der Waals surface area contributed by atoms with E-state index in [4.69, 9.17) is 0 Å². The topological polar surface area (TPSA) is 65.0 Å². The molecule has 0 unspecified atom stereocenters. The molecule has 2 heterocycles. The highest BCUT2D eigenvalue weighted by atomic mass is 127. The first-order valence-electron chi connectivity index (χ1n) is 8.29. The number of hydrogen-bond donors (Lipinski definition) is 1. The van der Waals surface area contributed by atoms with Crippen LogP contribution in [-0.2, 0) is 16.4 Å². The number of sulfonamides is 1. The van der Waals surface area contributed by atoms with E-state index in [1.807, 2.05) is 0 Å². The molecule has 144 valence electrons. The first kappa shape index (κ1) is 22.7. The number of nitrogens with one attached hydrogen (secondary N) is 1. The van der Waals surface area contributed by atoms with Crippen molar-refractivity contribution in [1.29, 1.82) is 0 Å². The average Bonchev–Trinajstić information content (AvgIpc) is 3.06. The van der Waals surface area contributed by atoms with Gasteiger partial charge in [-0.3, -0.25) is 4.99 Å². The zero-order valence-corrected chi connectivity index (χ0v) is 19.1. The van der Waals surface area contributed by atoms with Gasteiger partial charge in [0.25, 0.3) is 0 Å². The summed E-state index contributed by atoms with van der Waals surface area (Å²) in [5, 5.41) is 5.54. The molecule has 25 heavy (non-hydrogen) atoms. The molecule has 0 spiro atoms. The molecule has 0 bridgehead atoms. The van der Waals surface area contributed by atoms with E-state index in [9.17, 15) is 8.42 Å². The fraction of sp³-hybridized carbons (Fsp3) is 0.688. The minimum Gasteiger partial charge on any atom is -0.356 e. The van der Waals surface area contributed by atoms with Crippen LogP contribution >= 0.6 is 35.3 Å². The molecule has 0 radical (unpaired) electrons. The summed E-state index contributed by atoms with van der Waals surface area (Å²) >= 11 is 1.78. The van der Waals surface area contributed by atoms with Gasteiger partial charge in [-0.1, -0.05) is 6.07 Å². The molecule has 1 aliphatic rings. The molecule has 0 aliphatic carbocycles. The van der Waals surface area contributed by atoms with Gasteiger partial charge < -0.3 is 10.2 Å². The van der Waals surface area contributed by atoms with Crippen LogP contribution in [0, 0.1) is 5.92 Å². The molecular weight excluding hydrogens is 471 g/mol. The molecule has 1 aromatic rings. The molecular formula is C16H29IN4O2S2. The normalized spacial score (nSPS) is 17.2. The lowest BCUT2D eigenvalue weighted by molar-refractivity contribution is 0.273. The quantitative estimate of drug-likeness (QED) is 0.369. The van der Waals surface area contributed by atoms with Crippen LogP contribution in [0.25, 0.3) is 0 Å². The SMILES string of the molecule is CN=C(NCC1CCN(S(C)(=O)=O)CC1)N(C)CCc1cccs1.I. The van der Waals surface area contributed by atoms with Gasteiger partial charge in [0, 0.05) is 45.2 Å². The first-order chi connectivity index (χ1) is 11.4. The second kappa shape index (κ2) is 10.7. The summed E-state index contributed by atoms with van der Waals surface area (Å²) in [4.78, 5) is 7.88. The van der Waals surface area contributed by atoms with E-state index in [2.05, 4.69) is 39.8 Å². The molecule has 0 amide bonds.